The number of hydrogen-bond donors (Lipinski definition) is 0. The Morgan fingerprint density at radius 2 is 1.36 bits per heavy atom. The zero-order valence-electron chi connectivity index (χ0n) is 11.3. The van der Waals surface area contributed by atoms with E-state index in [9.17, 15) is 0 Å². The predicted molar refractivity (Wildman–Crippen MR) is 65.7 cm³/mol. The minimum Gasteiger partial charge on any atom is -0.296 e. The predicted octanol–water partition coefficient (Wildman–Crippen LogP) is 4.08. The lowest BCUT2D eigenvalue weighted by Gasteiger charge is -2.48. The van der Waals surface area contributed by atoms with Crippen LogP contribution in [-0.2, 0) is 0 Å². The van der Waals surface area contributed by atoms with Gasteiger partial charge in [0.15, 0.2) is 0 Å². The van der Waals surface area contributed by atoms with Crippen molar-refractivity contribution in [1.29, 1.82) is 0 Å². The molecular formula is C13H29N. The molecule has 14 heavy (non-hydrogen) atoms. The van der Waals surface area contributed by atoms with Crippen molar-refractivity contribution in [1.82, 2.24) is 4.90 Å². The quantitative estimate of drug-likeness (QED) is 0.645. The molecule has 0 unspecified atom stereocenters. The molecule has 0 fully saturated rings. The maximum absolute atomic E-state index is 2.57. The first-order chi connectivity index (χ1) is 6.34. The van der Waals surface area contributed by atoms with Gasteiger partial charge in [-0.05, 0) is 47.1 Å². The molecule has 0 aliphatic rings. The molecule has 0 aliphatic heterocycles. The van der Waals surface area contributed by atoms with Gasteiger partial charge in [0.25, 0.3) is 0 Å². The Balaban J connectivity index is 4.79. The standard InChI is InChI=1S/C13H29N/c1-8-11-13(9-2,10-3)14(7)12(4,5)6/h8-11H2,1-7H3. The summed E-state index contributed by atoms with van der Waals surface area (Å²) in [4.78, 5) is 2.57. The molecule has 1 nitrogen and oxygen atoms in total. The van der Waals surface area contributed by atoms with Gasteiger partial charge in [-0.3, -0.25) is 4.90 Å². The average molecular weight is 199 g/mol. The van der Waals surface area contributed by atoms with Crippen LogP contribution in [0.2, 0.25) is 0 Å². The molecule has 0 atom stereocenters. The summed E-state index contributed by atoms with van der Waals surface area (Å²) < 4.78 is 0. The molecule has 0 rings (SSSR count). The molecule has 0 aliphatic carbocycles. The third kappa shape index (κ3) is 2.98. The van der Waals surface area contributed by atoms with Crippen LogP contribution in [-0.4, -0.2) is 23.0 Å². The molecule has 0 saturated heterocycles. The first kappa shape index (κ1) is 14.0. The highest BCUT2D eigenvalue weighted by molar-refractivity contribution is 4.92. The molecule has 86 valence electrons. The van der Waals surface area contributed by atoms with Crippen LogP contribution < -0.4 is 0 Å². The van der Waals surface area contributed by atoms with Crippen LogP contribution in [0.1, 0.15) is 67.2 Å². The SMILES string of the molecule is CCCC(CC)(CC)N(C)C(C)(C)C. The zero-order valence-corrected chi connectivity index (χ0v) is 11.3. The molecule has 0 saturated carbocycles. The van der Waals surface area contributed by atoms with Crippen molar-refractivity contribution in [2.24, 2.45) is 0 Å². The fourth-order valence-electron chi connectivity index (χ4n) is 2.42. The Kier molecular flexibility index (Phi) is 5.14. The first-order valence-corrected chi connectivity index (χ1v) is 6.08. The lowest BCUT2D eigenvalue weighted by atomic mass is 9.83. The van der Waals surface area contributed by atoms with Crippen LogP contribution >= 0.6 is 0 Å². The maximum atomic E-state index is 2.57. The van der Waals surface area contributed by atoms with Crippen LogP contribution in [0.15, 0.2) is 0 Å². The molecule has 0 aromatic heterocycles. The molecule has 0 aromatic rings. The van der Waals surface area contributed by atoms with E-state index in [0.717, 1.165) is 0 Å². The largest absolute Gasteiger partial charge is 0.296 e. The van der Waals surface area contributed by atoms with Gasteiger partial charge in [0.05, 0.1) is 0 Å². The lowest BCUT2D eigenvalue weighted by molar-refractivity contribution is 0.0174. The van der Waals surface area contributed by atoms with Crippen molar-refractivity contribution in [3.63, 3.8) is 0 Å². The molecular weight excluding hydrogens is 170 g/mol. The van der Waals surface area contributed by atoms with Crippen LogP contribution in [0.4, 0.5) is 0 Å². The highest BCUT2D eigenvalue weighted by Gasteiger charge is 2.35. The summed E-state index contributed by atoms with van der Waals surface area (Å²) >= 11 is 0. The minimum atomic E-state index is 0.279. The minimum absolute atomic E-state index is 0.279. The van der Waals surface area contributed by atoms with E-state index in [4.69, 9.17) is 0 Å². The second kappa shape index (κ2) is 5.16. The Hall–Kier alpha value is -0.0400. The van der Waals surface area contributed by atoms with Crippen molar-refractivity contribution in [2.45, 2.75) is 78.3 Å². The summed E-state index contributed by atoms with van der Waals surface area (Å²) in [5.74, 6) is 0. The van der Waals surface area contributed by atoms with Crippen molar-refractivity contribution in [2.75, 3.05) is 7.05 Å². The van der Waals surface area contributed by atoms with E-state index in [2.05, 4.69) is 53.5 Å². The lowest BCUT2D eigenvalue weighted by Crippen LogP contribution is -2.54. The average Bonchev–Trinajstić information content (AvgIpc) is 2.12. The highest BCUT2D eigenvalue weighted by atomic mass is 15.2. The summed E-state index contributed by atoms with van der Waals surface area (Å²) in [5.41, 5.74) is 0.689. The second-order valence-electron chi connectivity index (χ2n) is 5.41. The number of rotatable bonds is 5. The zero-order chi connectivity index (χ0) is 11.4. The van der Waals surface area contributed by atoms with Crippen molar-refractivity contribution in [3.8, 4) is 0 Å². The molecule has 0 radical (unpaired) electrons. The molecule has 0 N–H and O–H groups in total. The summed E-state index contributed by atoms with van der Waals surface area (Å²) in [6.07, 6.45) is 5.10. The fourth-order valence-corrected chi connectivity index (χ4v) is 2.42. The van der Waals surface area contributed by atoms with Gasteiger partial charge in [0.2, 0.25) is 0 Å². The summed E-state index contributed by atoms with van der Waals surface area (Å²) in [6.45, 7) is 13.9. The topological polar surface area (TPSA) is 3.24 Å². The Labute approximate surface area is 90.9 Å². The molecule has 0 amide bonds. The third-order valence-electron chi connectivity index (χ3n) is 3.75. The normalized spacial score (nSPS) is 13.7. The smallest absolute Gasteiger partial charge is 0.0206 e. The van der Waals surface area contributed by atoms with Crippen LogP contribution in [0.5, 0.6) is 0 Å². The monoisotopic (exact) mass is 199 g/mol. The van der Waals surface area contributed by atoms with Gasteiger partial charge in [-0.25, -0.2) is 0 Å². The summed E-state index contributed by atoms with van der Waals surface area (Å²) in [6, 6.07) is 0. The molecule has 0 aromatic carbocycles. The summed E-state index contributed by atoms with van der Waals surface area (Å²) in [5, 5.41) is 0. The van der Waals surface area contributed by atoms with Gasteiger partial charge in [-0.15, -0.1) is 0 Å². The van der Waals surface area contributed by atoms with E-state index < -0.39 is 0 Å². The Morgan fingerprint density at radius 3 is 1.57 bits per heavy atom. The molecule has 0 bridgehead atoms. The number of nitrogens with zero attached hydrogens (tertiary/aromatic N) is 1. The Bertz CT molecular complexity index is 151. The van der Waals surface area contributed by atoms with Crippen LogP contribution in [0.25, 0.3) is 0 Å². The maximum Gasteiger partial charge on any atom is 0.0206 e. The van der Waals surface area contributed by atoms with E-state index in [1.165, 1.54) is 25.7 Å². The molecule has 0 spiro atoms. The van der Waals surface area contributed by atoms with Gasteiger partial charge in [0, 0.05) is 11.1 Å². The van der Waals surface area contributed by atoms with Crippen molar-refractivity contribution in [3.05, 3.63) is 0 Å². The van der Waals surface area contributed by atoms with E-state index >= 15 is 0 Å². The second-order valence-corrected chi connectivity index (χ2v) is 5.41. The number of hydrogen-bond acceptors (Lipinski definition) is 1. The summed E-state index contributed by atoms with van der Waals surface area (Å²) in [7, 11) is 2.28. The first-order valence-electron chi connectivity index (χ1n) is 6.08. The van der Waals surface area contributed by atoms with Gasteiger partial charge in [-0.2, -0.15) is 0 Å². The van der Waals surface area contributed by atoms with Gasteiger partial charge in [-0.1, -0.05) is 27.2 Å². The van der Waals surface area contributed by atoms with E-state index in [1.807, 2.05) is 0 Å². The van der Waals surface area contributed by atoms with Gasteiger partial charge in [0.1, 0.15) is 0 Å². The van der Waals surface area contributed by atoms with E-state index in [-0.39, 0.29) is 5.54 Å². The van der Waals surface area contributed by atoms with Gasteiger partial charge < -0.3 is 0 Å². The highest BCUT2D eigenvalue weighted by Crippen LogP contribution is 2.33. The third-order valence-corrected chi connectivity index (χ3v) is 3.75. The van der Waals surface area contributed by atoms with E-state index in [0.29, 0.717) is 5.54 Å². The van der Waals surface area contributed by atoms with Crippen LogP contribution in [0.3, 0.4) is 0 Å². The van der Waals surface area contributed by atoms with Crippen molar-refractivity contribution >= 4 is 0 Å². The Morgan fingerprint density at radius 1 is 0.929 bits per heavy atom. The van der Waals surface area contributed by atoms with Crippen molar-refractivity contribution < 1.29 is 0 Å². The fraction of sp³-hybridized carbons (Fsp3) is 1.00. The van der Waals surface area contributed by atoms with E-state index in [1.54, 1.807) is 0 Å². The van der Waals surface area contributed by atoms with Gasteiger partial charge >= 0.3 is 0 Å². The molecule has 0 heterocycles. The molecule has 1 heteroatoms. The van der Waals surface area contributed by atoms with Crippen LogP contribution in [0, 0.1) is 0 Å².